The van der Waals surface area contributed by atoms with Crippen molar-refractivity contribution in [3.63, 3.8) is 0 Å². The van der Waals surface area contributed by atoms with Gasteiger partial charge in [0.1, 0.15) is 89.9 Å². The molecule has 1 aromatic carbocycles. The van der Waals surface area contributed by atoms with Crippen molar-refractivity contribution in [2.24, 2.45) is 0 Å². The van der Waals surface area contributed by atoms with Crippen LogP contribution in [0.4, 0.5) is 86.0 Å². The molecule has 4 aliphatic rings. The van der Waals surface area contributed by atoms with Crippen molar-refractivity contribution in [2.45, 2.75) is 74.1 Å². The predicted octanol–water partition coefficient (Wildman–Crippen LogP) is 15.5. The minimum atomic E-state index is -4.54. The van der Waals surface area contributed by atoms with Crippen LogP contribution in [0.5, 0.6) is 0 Å². The van der Waals surface area contributed by atoms with Crippen molar-refractivity contribution in [3.8, 4) is 45.6 Å². The van der Waals surface area contributed by atoms with Gasteiger partial charge in [0.15, 0.2) is 34.9 Å². The van der Waals surface area contributed by atoms with Gasteiger partial charge in [-0.1, -0.05) is 64.6 Å². The summed E-state index contributed by atoms with van der Waals surface area (Å²) in [7, 11) is 1.64. The number of aryl methyl sites for hydroxylation is 1. The van der Waals surface area contributed by atoms with E-state index in [4.69, 9.17) is 46.4 Å². The molecule has 3 fully saturated rings. The van der Waals surface area contributed by atoms with Gasteiger partial charge in [-0.3, -0.25) is 19.2 Å². The van der Waals surface area contributed by atoms with E-state index in [1.54, 1.807) is 101 Å². The lowest BCUT2D eigenvalue weighted by atomic mass is 9.95. The molecule has 47 heteroatoms. The molecular weight excluding hydrogens is 1750 g/mol. The number of aromatic amines is 4. The number of carbonyl (C=O) groups is 4. The number of nitrogens with one attached hydrogen (secondary N) is 8. The van der Waals surface area contributed by atoms with Gasteiger partial charge in [-0.15, -0.1) is 23.5 Å². The highest BCUT2D eigenvalue weighted by Gasteiger charge is 2.55. The number of hydrogen-bond donors (Lipinski definition) is 8. The lowest BCUT2D eigenvalue weighted by Gasteiger charge is -2.37. The molecule has 0 bridgehead atoms. The molecule has 4 amide bonds. The third-order valence-electron chi connectivity index (χ3n) is 19.3. The maximum atomic E-state index is 14.5. The molecule has 12 aromatic heterocycles. The fourth-order valence-corrected chi connectivity index (χ4v) is 16.4. The van der Waals surface area contributed by atoms with Crippen LogP contribution in [0.2, 0.25) is 20.1 Å². The van der Waals surface area contributed by atoms with E-state index < -0.39 is 104 Å². The number of fused-ring (bicyclic) bond motifs is 5. The van der Waals surface area contributed by atoms with Crippen molar-refractivity contribution in [1.29, 1.82) is 0 Å². The normalized spacial score (nSPS) is 16.3. The molecule has 122 heavy (non-hydrogen) atoms. The first-order valence-corrected chi connectivity index (χ1v) is 40.1. The van der Waals surface area contributed by atoms with Gasteiger partial charge in [0.05, 0.1) is 38.0 Å². The minimum Gasteiger partial charge on any atom is -0.345 e. The van der Waals surface area contributed by atoms with Crippen LogP contribution < -0.4 is 40.9 Å². The molecule has 3 atom stereocenters. The van der Waals surface area contributed by atoms with E-state index in [9.17, 15) is 76.3 Å². The standard InChI is InChI=1S/C23H18ClF3N6O.C18H16ClF3N6O.C17H13ClF4N6OS.C17H14ClF3N6OS.3H2/c24-14-9-15-16(11-30-20(15)29-10-14)21-28-8-7-19(32-21)33-17-4-2-1-3-13(17)5-6-18(33)22(34)31-12-23(25,26)27;1-28(17(3-4-17)16(29)26-9-18(20,21)22)13-2-5-23-15(27-13)12-8-25-14-11(12)6-10(19)7-24-14;18-8-1-9-10(3-24-13(9)23-2-8)14-25-4-11(19)15(27-14)28-7-30-5-12(28)16(29)26-6-17(20,21)22;18-9-3-10-11(5-24-14(10)23-4-9)15-22-2-1-13(26-15)27-8-29-6-12(27)16(28)25-7-17(19,20)21;;;/h1-4,7-11,18H,5-6,12H2,(H,29,30)(H,31,34);2,5-8H,3-4,9H2,1H3,(H,24,25)(H,26,29);1-4,12H,5-7H2,(H,23,24)(H,26,29);1-5,12H,6-8H2,(H,23,24)(H,25,28);3*1H/t18-;;2*12-;;;/m1.01.../s1. The van der Waals surface area contributed by atoms with Crippen LogP contribution >= 0.6 is 69.9 Å². The number of halogens is 17. The number of nitrogens with zero attached hydrogens (tertiary/aromatic N) is 16. The Balaban J connectivity index is 0.000000161. The molecule has 0 spiro atoms. The van der Waals surface area contributed by atoms with Crippen LogP contribution in [0.15, 0.2) is 141 Å². The number of H-pyrrole nitrogens is 4. The summed E-state index contributed by atoms with van der Waals surface area (Å²) in [5.41, 5.74) is 5.59. The van der Waals surface area contributed by atoms with Crippen LogP contribution in [-0.2, 0) is 25.6 Å². The first kappa shape index (κ1) is 86.7. The van der Waals surface area contributed by atoms with Crippen LogP contribution in [0.1, 0.15) is 29.1 Å². The number of amides is 4. The number of para-hydroxylation sites is 1. The first-order valence-electron chi connectivity index (χ1n) is 36.3. The van der Waals surface area contributed by atoms with E-state index in [2.05, 4.69) is 79.7 Å². The number of thioether (sulfide) groups is 2. The summed E-state index contributed by atoms with van der Waals surface area (Å²) in [4.78, 5) is 120. The van der Waals surface area contributed by atoms with Crippen molar-refractivity contribution in [3.05, 3.63) is 173 Å². The number of hydrogen-bond acceptors (Lipinski definition) is 22. The minimum absolute atomic E-state index is 0. The molecule has 1 saturated carbocycles. The highest BCUT2D eigenvalue weighted by Crippen LogP contribution is 2.45. The van der Waals surface area contributed by atoms with E-state index >= 15 is 0 Å². The fraction of sp³-hybridized carbons (Fsp3) is 0.280. The van der Waals surface area contributed by atoms with Gasteiger partial charge in [0, 0.05) is 140 Å². The second-order valence-electron chi connectivity index (χ2n) is 27.5. The zero-order valence-electron chi connectivity index (χ0n) is 62.5. The Morgan fingerprint density at radius 1 is 0.492 bits per heavy atom. The molecule has 28 nitrogen and oxygen atoms in total. The predicted molar refractivity (Wildman–Crippen MR) is 439 cm³/mol. The maximum absolute atomic E-state index is 14.5. The Bertz CT molecular complexity index is 5960. The summed E-state index contributed by atoms with van der Waals surface area (Å²) in [6.07, 6.45) is 2.17. The molecule has 8 N–H and O–H groups in total. The Morgan fingerprint density at radius 3 is 1.34 bits per heavy atom. The van der Waals surface area contributed by atoms with Gasteiger partial charge in [-0.25, -0.2) is 64.2 Å². The Labute approximate surface area is 712 Å². The maximum Gasteiger partial charge on any atom is 0.405 e. The van der Waals surface area contributed by atoms with Crippen molar-refractivity contribution >= 4 is 167 Å². The van der Waals surface area contributed by atoms with Crippen molar-refractivity contribution < 1.29 is 80.5 Å². The summed E-state index contributed by atoms with van der Waals surface area (Å²) in [6.45, 7) is -5.57. The summed E-state index contributed by atoms with van der Waals surface area (Å²) >= 11 is 26.9. The lowest BCUT2D eigenvalue weighted by molar-refractivity contribution is -0.139. The van der Waals surface area contributed by atoms with E-state index in [0.29, 0.717) is 148 Å². The Hall–Kier alpha value is -11.7. The fourth-order valence-electron chi connectivity index (χ4n) is 13.4. The average Bonchev–Trinajstić information content (AvgIpc) is 1.61. The summed E-state index contributed by atoms with van der Waals surface area (Å²) in [5.74, 6) is -0.0768. The Kier molecular flexibility index (Phi) is 25.4. The SMILES string of the molecule is CN(c1ccnc(-c2c[nH]c3ncc(Cl)cc23)n1)C1(C(=O)NCC(F)(F)F)CC1.O=C(NCC(F)(F)F)[C@@H]1CSCN1c1nc(-c2c[nH]c3ncc(Cl)cc23)ncc1F.O=C(NCC(F)(F)F)[C@H]1CCc2ccccc2N1c1ccnc(-c2c[nH]c3ncc(Cl)cc23)n1.O=C(NCC(F)(F)F)[C@H]1CSCN1c1ccnc(-c2c[nH]c3ncc(Cl)cc23)n1.[HH].[HH].[HH]. The van der Waals surface area contributed by atoms with Gasteiger partial charge in [-0.05, 0) is 79.8 Å². The number of aromatic nitrogens is 16. The monoisotopic (exact) mass is 1820 g/mol. The number of alkyl halides is 12. The van der Waals surface area contributed by atoms with Crippen molar-refractivity contribution in [2.75, 3.05) is 76.1 Å². The number of anilines is 5. The number of carbonyl (C=O) groups excluding carboxylic acids is 4. The third kappa shape index (κ3) is 20.2. The quantitative estimate of drug-likeness (QED) is 0.0393. The molecule has 642 valence electrons. The van der Waals surface area contributed by atoms with Gasteiger partial charge in [0.25, 0.3) is 0 Å². The van der Waals surface area contributed by atoms with Crippen LogP contribution in [-0.4, -0.2) is 208 Å². The first-order chi connectivity index (χ1) is 58.0. The molecular formula is C75H67Cl4F13N24O4S2. The number of likely N-dealkylation sites (N-methyl/N-ethyl adjacent to an activating group) is 1. The number of pyridine rings is 4. The zero-order chi connectivity index (χ0) is 86.7. The molecule has 15 heterocycles. The summed E-state index contributed by atoms with van der Waals surface area (Å²) in [6, 6.07) is 16.6. The topological polar surface area (TPSA) is 347 Å². The van der Waals surface area contributed by atoms with Gasteiger partial charge in [-0.2, -0.15) is 52.7 Å². The van der Waals surface area contributed by atoms with Crippen molar-refractivity contribution in [1.82, 2.24) is 101 Å². The lowest BCUT2D eigenvalue weighted by Crippen LogP contribution is -2.50. The molecule has 2 saturated heterocycles. The summed E-state index contributed by atoms with van der Waals surface area (Å²) < 4.78 is 165. The molecule has 0 radical (unpaired) electrons. The van der Waals surface area contributed by atoms with Gasteiger partial charge < -0.3 is 60.8 Å². The molecule has 17 rings (SSSR count). The highest BCUT2D eigenvalue weighted by atomic mass is 35.5. The van der Waals surface area contributed by atoms with Crippen LogP contribution in [0.25, 0.3) is 89.7 Å². The molecule has 13 aromatic rings. The zero-order valence-corrected chi connectivity index (χ0v) is 67.2. The van der Waals surface area contributed by atoms with E-state index in [-0.39, 0.29) is 27.6 Å². The van der Waals surface area contributed by atoms with E-state index in [1.807, 2.05) is 45.5 Å². The van der Waals surface area contributed by atoms with E-state index in [1.165, 1.54) is 59.4 Å². The smallest absolute Gasteiger partial charge is 0.345 e. The Morgan fingerprint density at radius 2 is 0.885 bits per heavy atom. The van der Waals surface area contributed by atoms with E-state index in [0.717, 1.165) is 27.9 Å². The number of benzene rings is 1. The largest absolute Gasteiger partial charge is 0.405 e. The van der Waals surface area contributed by atoms with Gasteiger partial charge in [0.2, 0.25) is 23.6 Å². The molecule has 3 aliphatic heterocycles. The molecule has 1 aliphatic carbocycles. The number of rotatable bonds is 17. The average molecular weight is 1820 g/mol. The third-order valence-corrected chi connectivity index (χ3v) is 22.2. The van der Waals surface area contributed by atoms with Crippen LogP contribution in [0, 0.1) is 5.82 Å². The van der Waals surface area contributed by atoms with Gasteiger partial charge >= 0.3 is 24.7 Å². The van der Waals surface area contributed by atoms with Crippen LogP contribution in [0.3, 0.4) is 0 Å². The summed E-state index contributed by atoms with van der Waals surface area (Å²) in [5, 5.41) is 12.4. The second kappa shape index (κ2) is 35.8. The molecule has 0 unspecified atom stereocenters. The second-order valence-corrected chi connectivity index (χ2v) is 31.2. The highest BCUT2D eigenvalue weighted by molar-refractivity contribution is 8.00.